The Morgan fingerprint density at radius 2 is 1.44 bits per heavy atom. The summed E-state index contributed by atoms with van der Waals surface area (Å²) in [7, 11) is -1.19. The third kappa shape index (κ3) is 11.2. The van der Waals surface area contributed by atoms with E-state index < -0.39 is 8.07 Å². The van der Waals surface area contributed by atoms with Gasteiger partial charge in [-0.15, -0.1) is 0 Å². The lowest BCUT2D eigenvalue weighted by Crippen LogP contribution is -2.37. The molecule has 1 aromatic carbocycles. The van der Waals surface area contributed by atoms with E-state index in [9.17, 15) is 0 Å². The molecule has 2 nitrogen and oxygen atoms in total. The summed E-state index contributed by atoms with van der Waals surface area (Å²) in [5.41, 5.74) is 1.14. The van der Waals surface area contributed by atoms with Crippen LogP contribution in [0, 0.1) is 11.8 Å². The Bertz CT molecular complexity index is 506. The van der Waals surface area contributed by atoms with E-state index in [1.807, 2.05) is 0 Å². The summed E-state index contributed by atoms with van der Waals surface area (Å²) >= 11 is 0. The lowest BCUT2D eigenvalue weighted by atomic mass is 10.1. The standard InChI is InChI=1S/C22H36O2Si/c1-25(2,3)22-16-14-21(15-17-22)13-11-9-7-5-4-6-8-10-12-19-24-20-18-23/h14-17,23H,4-10,12,18-20H2,1-3H3. The van der Waals surface area contributed by atoms with Crippen LogP contribution >= 0.6 is 0 Å². The molecule has 0 bridgehead atoms. The smallest absolute Gasteiger partial charge is 0.0775 e. The van der Waals surface area contributed by atoms with Gasteiger partial charge >= 0.3 is 0 Å². The Kier molecular flexibility index (Phi) is 11.6. The Morgan fingerprint density at radius 3 is 2.04 bits per heavy atom. The van der Waals surface area contributed by atoms with Gasteiger partial charge in [-0.1, -0.05) is 80.9 Å². The fourth-order valence-corrected chi connectivity index (χ4v) is 3.85. The number of benzene rings is 1. The van der Waals surface area contributed by atoms with Gasteiger partial charge in [0.2, 0.25) is 0 Å². The van der Waals surface area contributed by atoms with E-state index in [1.54, 1.807) is 0 Å². The summed E-state index contributed by atoms with van der Waals surface area (Å²) in [6.45, 7) is 8.52. The molecule has 0 fully saturated rings. The topological polar surface area (TPSA) is 29.5 Å². The molecule has 0 heterocycles. The fourth-order valence-electron chi connectivity index (χ4n) is 2.69. The van der Waals surface area contributed by atoms with Gasteiger partial charge in [-0.3, -0.25) is 0 Å². The van der Waals surface area contributed by atoms with Gasteiger partial charge in [0, 0.05) is 18.6 Å². The van der Waals surface area contributed by atoms with Gasteiger partial charge < -0.3 is 9.84 Å². The van der Waals surface area contributed by atoms with Crippen molar-refractivity contribution in [3.63, 3.8) is 0 Å². The minimum absolute atomic E-state index is 0.132. The van der Waals surface area contributed by atoms with Gasteiger partial charge in [-0.25, -0.2) is 0 Å². The van der Waals surface area contributed by atoms with Crippen LogP contribution in [0.5, 0.6) is 0 Å². The Hall–Kier alpha value is -1.08. The van der Waals surface area contributed by atoms with Gasteiger partial charge in [0.25, 0.3) is 0 Å². The van der Waals surface area contributed by atoms with Crippen LogP contribution in [0.3, 0.4) is 0 Å². The van der Waals surface area contributed by atoms with Crippen molar-refractivity contribution >= 4 is 13.3 Å². The lowest BCUT2D eigenvalue weighted by molar-refractivity contribution is 0.0895. The minimum atomic E-state index is -1.19. The van der Waals surface area contributed by atoms with Gasteiger partial charge in [-0.2, -0.15) is 0 Å². The van der Waals surface area contributed by atoms with Crippen LogP contribution in [-0.4, -0.2) is 33.0 Å². The monoisotopic (exact) mass is 360 g/mol. The number of unbranched alkanes of at least 4 members (excludes halogenated alkanes) is 7. The second-order valence-corrected chi connectivity index (χ2v) is 12.8. The van der Waals surface area contributed by atoms with Crippen molar-refractivity contribution < 1.29 is 9.84 Å². The van der Waals surface area contributed by atoms with E-state index in [2.05, 4.69) is 55.7 Å². The van der Waals surface area contributed by atoms with Gasteiger partial charge in [-0.05, 0) is 25.0 Å². The highest BCUT2D eigenvalue weighted by Crippen LogP contribution is 2.09. The number of ether oxygens (including phenoxy) is 1. The third-order valence-corrected chi connectivity index (χ3v) is 6.38. The SMILES string of the molecule is C[Si](C)(C)c1ccc(C#CCCCCCCCCCOCCO)cc1. The molecule has 0 unspecified atom stereocenters. The molecule has 1 aromatic rings. The quantitative estimate of drug-likeness (QED) is 0.332. The van der Waals surface area contributed by atoms with E-state index in [0.29, 0.717) is 6.61 Å². The third-order valence-electron chi connectivity index (χ3n) is 4.31. The van der Waals surface area contributed by atoms with Crippen molar-refractivity contribution in [1.82, 2.24) is 0 Å². The first-order chi connectivity index (χ1) is 12.0. The molecule has 0 aromatic heterocycles. The molecule has 1 rings (SSSR count). The molecule has 1 N–H and O–H groups in total. The molecule has 0 aliphatic heterocycles. The highest BCUT2D eigenvalue weighted by atomic mass is 28.3. The molecule has 0 spiro atoms. The molecule has 3 heteroatoms. The number of rotatable bonds is 12. The molecule has 0 aliphatic carbocycles. The number of aliphatic hydroxyl groups excluding tert-OH is 1. The van der Waals surface area contributed by atoms with E-state index in [4.69, 9.17) is 9.84 Å². The highest BCUT2D eigenvalue weighted by Gasteiger charge is 2.15. The first-order valence-electron chi connectivity index (χ1n) is 9.82. The zero-order valence-electron chi connectivity index (χ0n) is 16.4. The second-order valence-electron chi connectivity index (χ2n) is 7.69. The highest BCUT2D eigenvalue weighted by molar-refractivity contribution is 6.88. The zero-order chi connectivity index (χ0) is 18.4. The Balaban J connectivity index is 2.02. The van der Waals surface area contributed by atoms with Crippen LogP contribution in [0.4, 0.5) is 0 Å². The minimum Gasteiger partial charge on any atom is -0.394 e. The van der Waals surface area contributed by atoms with E-state index in [1.165, 1.54) is 43.7 Å². The fraction of sp³-hybridized carbons (Fsp3) is 0.636. The maximum Gasteiger partial charge on any atom is 0.0775 e. The first kappa shape index (κ1) is 22.0. The van der Waals surface area contributed by atoms with Crippen LogP contribution in [0.1, 0.15) is 56.9 Å². The van der Waals surface area contributed by atoms with E-state index >= 15 is 0 Å². The van der Waals surface area contributed by atoms with Gasteiger partial charge in [0.1, 0.15) is 0 Å². The Morgan fingerprint density at radius 1 is 0.840 bits per heavy atom. The van der Waals surface area contributed by atoms with E-state index in [0.717, 1.165) is 25.0 Å². The molecule has 0 amide bonds. The number of hydrogen-bond donors (Lipinski definition) is 1. The maximum atomic E-state index is 8.60. The summed E-state index contributed by atoms with van der Waals surface area (Å²) in [5, 5.41) is 10.1. The van der Waals surface area contributed by atoms with Gasteiger partial charge in [0.05, 0.1) is 21.3 Å². The number of hydrogen-bond acceptors (Lipinski definition) is 2. The molecule has 0 radical (unpaired) electrons. The van der Waals surface area contributed by atoms with E-state index in [-0.39, 0.29) is 6.61 Å². The first-order valence-corrected chi connectivity index (χ1v) is 13.3. The van der Waals surface area contributed by atoms with Crippen LogP contribution in [0.2, 0.25) is 19.6 Å². The molecule has 25 heavy (non-hydrogen) atoms. The summed E-state index contributed by atoms with van der Waals surface area (Å²) < 4.78 is 5.25. The maximum absolute atomic E-state index is 8.60. The lowest BCUT2D eigenvalue weighted by Gasteiger charge is -2.15. The van der Waals surface area contributed by atoms with Crippen molar-refractivity contribution in [2.45, 2.75) is 71.0 Å². The molecular formula is C22H36O2Si. The van der Waals surface area contributed by atoms with Crippen molar-refractivity contribution in [3.05, 3.63) is 29.8 Å². The largest absolute Gasteiger partial charge is 0.394 e. The van der Waals surface area contributed by atoms with Crippen LogP contribution in [0.25, 0.3) is 0 Å². The predicted octanol–water partition coefficient (Wildman–Crippen LogP) is 4.71. The zero-order valence-corrected chi connectivity index (χ0v) is 17.4. The molecular weight excluding hydrogens is 324 g/mol. The van der Waals surface area contributed by atoms with Gasteiger partial charge in [0.15, 0.2) is 0 Å². The summed E-state index contributed by atoms with van der Waals surface area (Å²) in [6.07, 6.45) is 9.75. The molecule has 0 atom stereocenters. The average Bonchev–Trinajstić information content (AvgIpc) is 2.58. The predicted molar refractivity (Wildman–Crippen MR) is 111 cm³/mol. The van der Waals surface area contributed by atoms with Crippen LogP contribution < -0.4 is 5.19 Å². The average molecular weight is 361 g/mol. The number of aliphatic hydroxyl groups is 1. The van der Waals surface area contributed by atoms with Crippen molar-refractivity contribution in [1.29, 1.82) is 0 Å². The van der Waals surface area contributed by atoms with Crippen molar-refractivity contribution in [2.75, 3.05) is 19.8 Å². The molecule has 0 saturated heterocycles. The second kappa shape index (κ2) is 13.2. The summed E-state index contributed by atoms with van der Waals surface area (Å²) in [5.74, 6) is 6.61. The summed E-state index contributed by atoms with van der Waals surface area (Å²) in [6, 6.07) is 8.85. The summed E-state index contributed by atoms with van der Waals surface area (Å²) in [4.78, 5) is 0. The van der Waals surface area contributed by atoms with Crippen molar-refractivity contribution in [2.24, 2.45) is 0 Å². The van der Waals surface area contributed by atoms with Crippen LogP contribution in [0.15, 0.2) is 24.3 Å². The van der Waals surface area contributed by atoms with Crippen molar-refractivity contribution in [3.8, 4) is 11.8 Å². The van der Waals surface area contributed by atoms with Crippen LogP contribution in [-0.2, 0) is 4.74 Å². The molecule has 140 valence electrons. The Labute approximate surface area is 156 Å². The molecule has 0 saturated carbocycles. The normalized spacial score (nSPS) is 11.2. The molecule has 0 aliphatic rings.